The second-order valence-corrected chi connectivity index (χ2v) is 9.60. The van der Waals surface area contributed by atoms with Crippen LogP contribution in [0.5, 0.6) is 0 Å². The third-order valence-corrected chi connectivity index (χ3v) is 7.13. The quantitative estimate of drug-likeness (QED) is 0.477. The van der Waals surface area contributed by atoms with E-state index in [1.165, 1.54) is 0 Å². The van der Waals surface area contributed by atoms with Crippen molar-refractivity contribution in [3.8, 4) is 0 Å². The Bertz CT molecular complexity index is 1190. The van der Waals surface area contributed by atoms with E-state index >= 15 is 0 Å². The van der Waals surface area contributed by atoms with Crippen LogP contribution in [-0.4, -0.2) is 51.6 Å². The summed E-state index contributed by atoms with van der Waals surface area (Å²) in [6.45, 7) is 5.31. The van der Waals surface area contributed by atoms with Gasteiger partial charge in [0.05, 0.1) is 23.0 Å². The van der Waals surface area contributed by atoms with Crippen LogP contribution in [0.15, 0.2) is 30.5 Å². The number of nitrogens with two attached hydrogens (primary N) is 1. The number of thiol groups is 1. The number of aromatic nitrogens is 3. The fourth-order valence-corrected chi connectivity index (χ4v) is 5.19. The van der Waals surface area contributed by atoms with E-state index < -0.39 is 0 Å². The minimum atomic E-state index is -0.117. The molecule has 33 heavy (non-hydrogen) atoms. The van der Waals surface area contributed by atoms with Crippen molar-refractivity contribution in [2.75, 3.05) is 35.8 Å². The fourth-order valence-electron chi connectivity index (χ4n) is 4.82. The highest BCUT2D eigenvalue weighted by atomic mass is 35.5. The molecule has 3 aromatic rings. The Morgan fingerprint density at radius 2 is 2.12 bits per heavy atom. The van der Waals surface area contributed by atoms with Gasteiger partial charge in [-0.2, -0.15) is 5.10 Å². The van der Waals surface area contributed by atoms with Crippen LogP contribution in [0.2, 0.25) is 5.02 Å². The number of piperidine rings is 1. The number of aryl methyl sites for hydroxylation is 1. The molecular weight excluding hydrogens is 458 g/mol. The number of hydrogen-bond acceptors (Lipinski definition) is 7. The highest BCUT2D eigenvalue weighted by Crippen LogP contribution is 2.34. The number of fused-ring (bicyclic) bond motifs is 1. The molecule has 2 fully saturated rings. The number of carbonyl (C=O) groups is 1. The summed E-state index contributed by atoms with van der Waals surface area (Å²) < 4.78 is 4.63. The minimum Gasteiger partial charge on any atom is -0.355 e. The number of likely N-dealkylation sites (tertiary alicyclic amines) is 1. The molecule has 4 heterocycles. The van der Waals surface area contributed by atoms with E-state index in [4.69, 9.17) is 27.4 Å². The average molecular weight is 486 g/mol. The topological polar surface area (TPSA) is 91.8 Å². The number of benzene rings is 1. The summed E-state index contributed by atoms with van der Waals surface area (Å²) in [4.78, 5) is 22.6. The van der Waals surface area contributed by atoms with E-state index in [1.807, 2.05) is 21.7 Å². The van der Waals surface area contributed by atoms with E-state index in [0.29, 0.717) is 35.3 Å². The molecule has 1 amide bonds. The summed E-state index contributed by atoms with van der Waals surface area (Å²) in [7, 11) is 0. The van der Waals surface area contributed by atoms with Crippen molar-refractivity contribution in [1.29, 1.82) is 0 Å². The first kappa shape index (κ1) is 22.3. The van der Waals surface area contributed by atoms with Crippen molar-refractivity contribution < 1.29 is 4.79 Å². The van der Waals surface area contributed by atoms with Crippen LogP contribution in [-0.2, 0) is 0 Å². The summed E-state index contributed by atoms with van der Waals surface area (Å²) >= 11 is 10.4. The Morgan fingerprint density at radius 1 is 1.30 bits per heavy atom. The second-order valence-electron chi connectivity index (χ2n) is 8.94. The lowest BCUT2D eigenvalue weighted by Gasteiger charge is -2.40. The Kier molecular flexibility index (Phi) is 6.11. The third kappa shape index (κ3) is 4.13. The van der Waals surface area contributed by atoms with E-state index in [1.54, 1.807) is 18.2 Å². The second kappa shape index (κ2) is 9.04. The van der Waals surface area contributed by atoms with Gasteiger partial charge in [-0.05, 0) is 50.9 Å². The first-order valence-corrected chi connectivity index (χ1v) is 12.1. The first-order valence-electron chi connectivity index (χ1n) is 11.3. The first-order chi connectivity index (χ1) is 16.0. The molecule has 2 aliphatic rings. The summed E-state index contributed by atoms with van der Waals surface area (Å²) in [5.41, 5.74) is 9.66. The normalized spacial score (nSPS) is 19.1. The van der Waals surface area contributed by atoms with Gasteiger partial charge in [-0.25, -0.2) is 9.50 Å². The number of nitrogens with one attached hydrogen (secondary N) is 1. The molecule has 0 radical (unpaired) electrons. The van der Waals surface area contributed by atoms with Crippen LogP contribution in [0.1, 0.15) is 46.9 Å². The molecule has 2 aromatic heterocycles. The Hall–Kier alpha value is -2.49. The molecule has 1 unspecified atom stereocenters. The predicted molar refractivity (Wildman–Crippen MR) is 134 cm³/mol. The lowest BCUT2D eigenvalue weighted by molar-refractivity contribution is 0.0607. The number of amides is 1. The molecule has 2 saturated heterocycles. The van der Waals surface area contributed by atoms with Crippen LogP contribution >= 0.6 is 24.4 Å². The molecule has 0 bridgehead atoms. The van der Waals surface area contributed by atoms with E-state index in [0.717, 1.165) is 55.1 Å². The molecule has 0 spiro atoms. The molecule has 0 aliphatic carbocycles. The molecule has 1 aromatic carbocycles. The van der Waals surface area contributed by atoms with Gasteiger partial charge in [0, 0.05) is 48.4 Å². The van der Waals surface area contributed by atoms with Gasteiger partial charge < -0.3 is 20.3 Å². The van der Waals surface area contributed by atoms with Gasteiger partial charge in [-0.1, -0.05) is 24.4 Å². The average Bonchev–Trinajstić information content (AvgIpc) is 3.20. The smallest absolute Gasteiger partial charge is 0.256 e. The van der Waals surface area contributed by atoms with Crippen LogP contribution in [0, 0.1) is 12.8 Å². The van der Waals surface area contributed by atoms with Gasteiger partial charge in [0.1, 0.15) is 5.82 Å². The van der Waals surface area contributed by atoms with Crippen LogP contribution in [0.4, 0.5) is 11.5 Å². The van der Waals surface area contributed by atoms with E-state index in [9.17, 15) is 4.79 Å². The number of anilines is 2. The zero-order valence-corrected chi connectivity index (χ0v) is 20.2. The maximum atomic E-state index is 13.6. The van der Waals surface area contributed by atoms with Crippen LogP contribution < -0.4 is 15.4 Å². The fraction of sp³-hybridized carbons (Fsp3) is 0.435. The number of halogens is 1. The Balaban J connectivity index is 1.46. The standard InChI is InChI=1S/C23H28ClN7OS/c1-14-11-31-21(26-22(14)29-12-15(10-25)13-29)9-19(27-31)20-4-2-3-7-30(20)23(32)17-8-16(24)5-6-18(17)28-33/h5-6,8-9,11,15,20,28,33H,2-4,7,10,12-13,25H2,1H3. The maximum Gasteiger partial charge on any atom is 0.256 e. The van der Waals surface area contributed by atoms with Gasteiger partial charge in [-0.3, -0.25) is 4.79 Å². The lowest BCUT2D eigenvalue weighted by atomic mass is 9.98. The SMILES string of the molecule is Cc1cn2nc(C3CCCCN3C(=O)c3cc(Cl)ccc3NS)cc2nc1N1CC(CN)C1. The van der Waals surface area contributed by atoms with Crippen molar-refractivity contribution in [1.82, 2.24) is 19.5 Å². The van der Waals surface area contributed by atoms with Crippen molar-refractivity contribution in [2.24, 2.45) is 11.7 Å². The van der Waals surface area contributed by atoms with Crippen molar-refractivity contribution in [3.63, 3.8) is 0 Å². The molecule has 174 valence electrons. The highest BCUT2D eigenvalue weighted by Gasteiger charge is 2.32. The molecule has 2 aliphatic heterocycles. The number of nitrogens with zero attached hydrogens (tertiary/aromatic N) is 5. The highest BCUT2D eigenvalue weighted by molar-refractivity contribution is 7.81. The third-order valence-electron chi connectivity index (χ3n) is 6.65. The van der Waals surface area contributed by atoms with Crippen molar-refractivity contribution >= 4 is 47.5 Å². The van der Waals surface area contributed by atoms with Gasteiger partial charge in [0.15, 0.2) is 5.65 Å². The predicted octanol–water partition coefficient (Wildman–Crippen LogP) is 3.71. The van der Waals surface area contributed by atoms with Gasteiger partial charge >= 0.3 is 0 Å². The zero-order valence-electron chi connectivity index (χ0n) is 18.5. The van der Waals surface area contributed by atoms with Crippen LogP contribution in [0.25, 0.3) is 5.65 Å². The summed E-state index contributed by atoms with van der Waals surface area (Å²) in [6.07, 6.45) is 4.88. The molecule has 5 rings (SSSR count). The van der Waals surface area contributed by atoms with Gasteiger partial charge in [-0.15, -0.1) is 0 Å². The Labute approximate surface area is 203 Å². The number of carbonyl (C=O) groups excluding carboxylic acids is 1. The van der Waals surface area contributed by atoms with Crippen molar-refractivity contribution in [2.45, 2.75) is 32.2 Å². The van der Waals surface area contributed by atoms with Gasteiger partial charge in [0.2, 0.25) is 0 Å². The molecule has 8 nitrogen and oxygen atoms in total. The Morgan fingerprint density at radius 3 is 2.88 bits per heavy atom. The van der Waals surface area contributed by atoms with E-state index in [2.05, 4.69) is 29.4 Å². The monoisotopic (exact) mass is 485 g/mol. The summed E-state index contributed by atoms with van der Waals surface area (Å²) in [5.74, 6) is 1.44. The summed E-state index contributed by atoms with van der Waals surface area (Å²) in [5, 5.41) is 5.34. The minimum absolute atomic E-state index is 0.0750. The van der Waals surface area contributed by atoms with Crippen molar-refractivity contribution in [3.05, 3.63) is 52.3 Å². The molecule has 3 N–H and O–H groups in total. The zero-order chi connectivity index (χ0) is 23.1. The van der Waals surface area contributed by atoms with Crippen LogP contribution in [0.3, 0.4) is 0 Å². The lowest BCUT2D eigenvalue weighted by Crippen LogP contribution is -2.50. The van der Waals surface area contributed by atoms with E-state index in [-0.39, 0.29) is 11.9 Å². The molecular formula is C23H28ClN7OS. The number of hydrogen-bond donors (Lipinski definition) is 3. The number of rotatable bonds is 5. The summed E-state index contributed by atoms with van der Waals surface area (Å²) in [6, 6.07) is 7.10. The maximum absolute atomic E-state index is 13.6. The van der Waals surface area contributed by atoms with Gasteiger partial charge in [0.25, 0.3) is 5.91 Å². The molecule has 0 saturated carbocycles. The molecule has 1 atom stereocenters. The molecule has 10 heteroatoms. The largest absolute Gasteiger partial charge is 0.355 e.